The van der Waals surface area contributed by atoms with Crippen molar-refractivity contribution >= 4 is 33.8 Å². The summed E-state index contributed by atoms with van der Waals surface area (Å²) in [5.74, 6) is -1.66. The van der Waals surface area contributed by atoms with E-state index < -0.39 is 29.7 Å². The molecule has 5 N–H and O–H groups in total. The average Bonchev–Trinajstić information content (AvgIpc) is 3.25. The Kier molecular flexibility index (Phi) is 6.09. The van der Waals surface area contributed by atoms with E-state index in [1.54, 1.807) is 11.7 Å². The number of nitrogens with two attached hydrogens (primary N) is 1. The number of aliphatic hydroxyl groups is 2. The molecule has 2 aromatic heterocycles. The van der Waals surface area contributed by atoms with Crippen LogP contribution in [0.2, 0.25) is 0 Å². The van der Waals surface area contributed by atoms with Crippen molar-refractivity contribution in [2.75, 3.05) is 29.0 Å². The molecule has 3 aromatic rings. The van der Waals surface area contributed by atoms with Crippen molar-refractivity contribution in [1.82, 2.24) is 14.8 Å². The summed E-state index contributed by atoms with van der Waals surface area (Å²) in [5, 5.41) is 26.7. The van der Waals surface area contributed by atoms with E-state index in [9.17, 15) is 23.8 Å². The number of nitrogen functional groups attached to an aromatic ring is 1. The molecule has 12 heteroatoms. The number of carbonyl (C=O) groups excluding carboxylic acids is 1. The van der Waals surface area contributed by atoms with Gasteiger partial charge in [-0.25, -0.2) is 13.8 Å². The van der Waals surface area contributed by atoms with E-state index in [2.05, 4.69) is 15.4 Å². The Bertz CT molecular complexity index is 1120. The Labute approximate surface area is 186 Å². The number of amides is 1. The summed E-state index contributed by atoms with van der Waals surface area (Å²) in [6, 6.07) is 3.45. The second-order valence-electron chi connectivity index (χ2n) is 7.49. The molecule has 1 aliphatic heterocycles. The first-order valence-corrected chi connectivity index (χ1v) is 10.7. The minimum atomic E-state index is -0.821. The number of nitrogens with zero attached hydrogens (tertiary/aromatic N) is 4. The van der Waals surface area contributed by atoms with Crippen molar-refractivity contribution < 1.29 is 23.8 Å². The minimum Gasteiger partial charge on any atom is -0.390 e. The smallest absolute Gasteiger partial charge is 0.277 e. The lowest BCUT2D eigenvalue weighted by Gasteiger charge is -2.23. The Morgan fingerprint density at radius 3 is 2.47 bits per heavy atom. The zero-order valence-electron chi connectivity index (χ0n) is 17.1. The van der Waals surface area contributed by atoms with Crippen LogP contribution in [0.15, 0.2) is 24.4 Å². The Morgan fingerprint density at radius 1 is 1.22 bits per heavy atom. The van der Waals surface area contributed by atoms with Crippen LogP contribution in [0.4, 0.5) is 25.3 Å². The number of aromatic nitrogens is 3. The fraction of sp³-hybridized carbons (Fsp3) is 0.350. The first kappa shape index (κ1) is 22.1. The largest absolute Gasteiger partial charge is 0.390 e. The molecular formula is C20H22F2N6O3S. The van der Waals surface area contributed by atoms with Gasteiger partial charge in [-0.05, 0) is 25.0 Å². The SMILES string of the molecule is Cn1ncc(NC(=O)c2nc(-c3c(F)cccc3F)sc2N)c1N1CC[C@@H](O)[C@H](O)CC1. The van der Waals surface area contributed by atoms with Crippen LogP contribution >= 0.6 is 11.3 Å². The van der Waals surface area contributed by atoms with Gasteiger partial charge in [-0.2, -0.15) is 5.10 Å². The van der Waals surface area contributed by atoms with Crippen molar-refractivity contribution in [2.45, 2.75) is 25.0 Å². The summed E-state index contributed by atoms with van der Waals surface area (Å²) in [5.41, 5.74) is 5.83. The number of hydrogen-bond donors (Lipinski definition) is 4. The lowest BCUT2D eigenvalue weighted by molar-refractivity contribution is 0.0187. The summed E-state index contributed by atoms with van der Waals surface area (Å²) >= 11 is 0.814. The lowest BCUT2D eigenvalue weighted by Crippen LogP contribution is -2.28. The summed E-state index contributed by atoms with van der Waals surface area (Å²) in [7, 11) is 1.71. The number of benzene rings is 1. The number of hydrogen-bond acceptors (Lipinski definition) is 8. The number of aliphatic hydroxyl groups excluding tert-OH is 2. The number of aryl methyl sites for hydroxylation is 1. The third-order valence-corrected chi connectivity index (χ3v) is 6.24. The van der Waals surface area contributed by atoms with Crippen LogP contribution in [0.1, 0.15) is 23.3 Å². The van der Waals surface area contributed by atoms with Gasteiger partial charge < -0.3 is 26.2 Å². The fourth-order valence-electron chi connectivity index (χ4n) is 3.66. The molecular weight excluding hydrogens is 442 g/mol. The standard InChI is InChI=1S/C20H22F2N6O3S/c1-27-20(28-7-5-13(29)14(30)6-8-28)12(9-24-27)25-18(31)16-17(23)32-19(26-16)15-10(21)3-2-4-11(15)22/h2-4,9,13-14,29-30H,5-8,23H2,1H3,(H,25,31)/t13-,14-/m1/s1. The first-order valence-electron chi connectivity index (χ1n) is 9.91. The van der Waals surface area contributed by atoms with E-state index in [4.69, 9.17) is 5.73 Å². The van der Waals surface area contributed by atoms with Crippen molar-refractivity contribution in [3.8, 4) is 10.6 Å². The van der Waals surface area contributed by atoms with Crippen LogP contribution in [0.3, 0.4) is 0 Å². The van der Waals surface area contributed by atoms with E-state index >= 15 is 0 Å². The highest BCUT2D eigenvalue weighted by atomic mass is 32.1. The highest BCUT2D eigenvalue weighted by Crippen LogP contribution is 2.34. The molecule has 0 spiro atoms. The minimum absolute atomic E-state index is 0.0200. The number of nitrogens with one attached hydrogen (secondary N) is 1. The maximum Gasteiger partial charge on any atom is 0.277 e. The molecule has 0 unspecified atom stereocenters. The molecule has 1 saturated heterocycles. The number of anilines is 3. The predicted molar refractivity (Wildman–Crippen MR) is 117 cm³/mol. The third-order valence-electron chi connectivity index (χ3n) is 5.33. The lowest BCUT2D eigenvalue weighted by atomic mass is 10.1. The molecule has 0 radical (unpaired) electrons. The molecule has 3 heterocycles. The molecule has 170 valence electrons. The van der Waals surface area contributed by atoms with Gasteiger partial charge in [-0.1, -0.05) is 17.4 Å². The molecule has 1 aromatic carbocycles. The topological polar surface area (TPSA) is 130 Å². The molecule has 1 amide bonds. The van der Waals surface area contributed by atoms with Crippen molar-refractivity contribution in [2.24, 2.45) is 7.05 Å². The van der Waals surface area contributed by atoms with Crippen LogP contribution in [0.5, 0.6) is 0 Å². The number of carbonyl (C=O) groups is 1. The summed E-state index contributed by atoms with van der Waals surface area (Å²) in [6.45, 7) is 0.909. The van der Waals surface area contributed by atoms with Crippen LogP contribution in [-0.4, -0.2) is 56.2 Å². The van der Waals surface area contributed by atoms with Crippen molar-refractivity contribution in [1.29, 1.82) is 0 Å². The Balaban J connectivity index is 1.59. The van der Waals surface area contributed by atoms with Crippen molar-refractivity contribution in [3.63, 3.8) is 0 Å². The molecule has 0 bridgehead atoms. The maximum atomic E-state index is 14.1. The quantitative estimate of drug-likeness (QED) is 0.465. The highest BCUT2D eigenvalue weighted by Gasteiger charge is 2.27. The van der Waals surface area contributed by atoms with Crippen LogP contribution < -0.4 is 16.0 Å². The summed E-state index contributed by atoms with van der Waals surface area (Å²) in [4.78, 5) is 18.9. The van der Waals surface area contributed by atoms with E-state index in [1.165, 1.54) is 12.3 Å². The monoisotopic (exact) mass is 464 g/mol. The molecule has 2 atom stereocenters. The summed E-state index contributed by atoms with van der Waals surface area (Å²) in [6.07, 6.45) is 0.536. The van der Waals surface area contributed by atoms with Gasteiger partial charge >= 0.3 is 0 Å². The number of rotatable bonds is 4. The van der Waals surface area contributed by atoms with Crippen LogP contribution in [-0.2, 0) is 7.05 Å². The van der Waals surface area contributed by atoms with E-state index in [-0.39, 0.29) is 21.3 Å². The van der Waals surface area contributed by atoms with Crippen molar-refractivity contribution in [3.05, 3.63) is 41.7 Å². The maximum absolute atomic E-state index is 14.1. The predicted octanol–water partition coefficient (Wildman–Crippen LogP) is 1.98. The van der Waals surface area contributed by atoms with Gasteiger partial charge in [-0.15, -0.1) is 0 Å². The van der Waals surface area contributed by atoms with Gasteiger partial charge in [0.05, 0.1) is 24.0 Å². The third kappa shape index (κ3) is 4.16. The zero-order chi connectivity index (χ0) is 23.0. The fourth-order valence-corrected chi connectivity index (χ4v) is 4.54. The molecule has 4 rings (SSSR count). The number of thiazole rings is 1. The van der Waals surface area contributed by atoms with Gasteiger partial charge in [0.2, 0.25) is 0 Å². The highest BCUT2D eigenvalue weighted by molar-refractivity contribution is 7.19. The Morgan fingerprint density at radius 2 is 1.84 bits per heavy atom. The summed E-state index contributed by atoms with van der Waals surface area (Å²) < 4.78 is 29.8. The molecule has 0 aliphatic carbocycles. The van der Waals surface area contributed by atoms with Gasteiger partial charge in [-0.3, -0.25) is 9.48 Å². The van der Waals surface area contributed by atoms with Crippen LogP contribution in [0, 0.1) is 11.6 Å². The second kappa shape index (κ2) is 8.81. The molecule has 0 saturated carbocycles. The van der Waals surface area contributed by atoms with Gasteiger partial charge in [0, 0.05) is 20.1 Å². The molecule has 1 aliphatic rings. The van der Waals surface area contributed by atoms with Gasteiger partial charge in [0.15, 0.2) is 11.5 Å². The van der Waals surface area contributed by atoms with E-state index in [0.29, 0.717) is 37.4 Å². The van der Waals surface area contributed by atoms with E-state index in [1.807, 2.05) is 4.90 Å². The van der Waals surface area contributed by atoms with Gasteiger partial charge in [0.25, 0.3) is 5.91 Å². The average molecular weight is 464 g/mol. The number of halogens is 2. The van der Waals surface area contributed by atoms with Gasteiger partial charge in [0.1, 0.15) is 27.3 Å². The Hall–Kier alpha value is -3.09. The van der Waals surface area contributed by atoms with Crippen LogP contribution in [0.25, 0.3) is 10.6 Å². The molecule has 1 fully saturated rings. The first-order chi connectivity index (χ1) is 15.3. The normalized spacial score (nSPS) is 19.1. The molecule has 9 nitrogen and oxygen atoms in total. The second-order valence-corrected chi connectivity index (χ2v) is 8.52. The van der Waals surface area contributed by atoms with E-state index in [0.717, 1.165) is 23.5 Å². The molecule has 32 heavy (non-hydrogen) atoms. The zero-order valence-corrected chi connectivity index (χ0v) is 17.9.